The molecular formula is C21H20N2O3S. The lowest BCUT2D eigenvalue weighted by Gasteiger charge is -2.22. The Morgan fingerprint density at radius 1 is 1.11 bits per heavy atom. The van der Waals surface area contributed by atoms with E-state index in [0.29, 0.717) is 13.1 Å². The lowest BCUT2D eigenvalue weighted by molar-refractivity contribution is 0.174. The zero-order valence-electron chi connectivity index (χ0n) is 15.0. The van der Waals surface area contributed by atoms with Gasteiger partial charge in [0.25, 0.3) is 0 Å². The van der Waals surface area contributed by atoms with Crippen LogP contribution in [-0.4, -0.2) is 24.3 Å². The molecule has 5 nitrogen and oxygen atoms in total. The van der Waals surface area contributed by atoms with Crippen LogP contribution in [0, 0.1) is 0 Å². The molecule has 1 N–H and O–H groups in total. The van der Waals surface area contributed by atoms with Crippen molar-refractivity contribution in [3.8, 4) is 21.9 Å². The molecule has 0 unspecified atom stereocenters. The highest BCUT2D eigenvalue weighted by Crippen LogP contribution is 2.33. The molecule has 2 heterocycles. The fraction of sp³-hybridized carbons (Fsp3) is 0.190. The van der Waals surface area contributed by atoms with Crippen LogP contribution in [0.25, 0.3) is 10.4 Å². The molecule has 0 radical (unpaired) electrons. The van der Waals surface area contributed by atoms with E-state index < -0.39 is 0 Å². The van der Waals surface area contributed by atoms with Gasteiger partial charge in [-0.2, -0.15) is 0 Å². The summed E-state index contributed by atoms with van der Waals surface area (Å²) in [4.78, 5) is 15.8. The minimum Gasteiger partial charge on any atom is -0.454 e. The second kappa shape index (κ2) is 7.72. The first kappa shape index (κ1) is 17.4. The molecule has 0 atom stereocenters. The summed E-state index contributed by atoms with van der Waals surface area (Å²) in [5, 5.41) is 5.09. The smallest absolute Gasteiger partial charge is 0.322 e. The summed E-state index contributed by atoms with van der Waals surface area (Å²) in [6, 6.07) is 17.6. The predicted molar refractivity (Wildman–Crippen MR) is 107 cm³/mol. The van der Waals surface area contributed by atoms with Gasteiger partial charge in [0, 0.05) is 23.5 Å². The number of nitrogens with one attached hydrogen (secondary N) is 1. The summed E-state index contributed by atoms with van der Waals surface area (Å²) in [5.41, 5.74) is 2.84. The number of carbonyl (C=O) groups is 1. The van der Waals surface area contributed by atoms with E-state index in [2.05, 4.69) is 11.4 Å². The van der Waals surface area contributed by atoms with Crippen molar-refractivity contribution in [3.63, 3.8) is 0 Å². The van der Waals surface area contributed by atoms with Gasteiger partial charge >= 0.3 is 6.03 Å². The zero-order chi connectivity index (χ0) is 18.6. The second-order valence-electron chi connectivity index (χ2n) is 6.15. The molecule has 138 valence electrons. The average molecular weight is 380 g/mol. The fourth-order valence-corrected chi connectivity index (χ4v) is 3.79. The largest absolute Gasteiger partial charge is 0.454 e. The summed E-state index contributed by atoms with van der Waals surface area (Å²) in [6.07, 6.45) is 0. The Kier molecular flexibility index (Phi) is 4.98. The van der Waals surface area contributed by atoms with E-state index in [0.717, 1.165) is 33.2 Å². The number of ether oxygens (including phenoxy) is 2. The third-order valence-corrected chi connectivity index (χ3v) is 5.34. The van der Waals surface area contributed by atoms with E-state index in [-0.39, 0.29) is 12.8 Å². The van der Waals surface area contributed by atoms with Gasteiger partial charge in [-0.3, -0.25) is 0 Å². The van der Waals surface area contributed by atoms with Crippen LogP contribution >= 0.6 is 11.3 Å². The summed E-state index contributed by atoms with van der Waals surface area (Å²) < 4.78 is 10.8. The number of urea groups is 1. The van der Waals surface area contributed by atoms with Gasteiger partial charge in [0.05, 0.1) is 5.69 Å². The number of nitrogens with zero attached hydrogens (tertiary/aromatic N) is 1. The number of hydrogen-bond acceptors (Lipinski definition) is 4. The molecule has 0 saturated carbocycles. The highest BCUT2D eigenvalue weighted by Gasteiger charge is 2.18. The lowest BCUT2D eigenvalue weighted by Crippen LogP contribution is -2.34. The normalized spacial score (nSPS) is 12.0. The summed E-state index contributed by atoms with van der Waals surface area (Å²) in [5.74, 6) is 1.48. The van der Waals surface area contributed by atoms with Gasteiger partial charge in [0.15, 0.2) is 11.5 Å². The van der Waals surface area contributed by atoms with Crippen LogP contribution in [-0.2, 0) is 6.54 Å². The Morgan fingerprint density at radius 2 is 1.96 bits per heavy atom. The first-order chi connectivity index (χ1) is 13.2. The van der Waals surface area contributed by atoms with E-state index in [9.17, 15) is 4.79 Å². The van der Waals surface area contributed by atoms with E-state index >= 15 is 0 Å². The van der Waals surface area contributed by atoms with E-state index in [1.807, 2.05) is 60.8 Å². The Balaban J connectivity index is 1.50. The molecule has 2 amide bonds. The van der Waals surface area contributed by atoms with Crippen LogP contribution < -0.4 is 14.8 Å². The quantitative estimate of drug-likeness (QED) is 0.662. The number of hydrogen-bond donors (Lipinski definition) is 1. The maximum atomic E-state index is 12.9. The van der Waals surface area contributed by atoms with Crippen molar-refractivity contribution >= 4 is 23.1 Å². The number of rotatable bonds is 5. The van der Waals surface area contributed by atoms with Crippen LogP contribution in [0.15, 0.2) is 60.0 Å². The second-order valence-corrected chi connectivity index (χ2v) is 7.10. The molecule has 0 fully saturated rings. The number of carbonyl (C=O) groups excluding carboxylic acids is 1. The third kappa shape index (κ3) is 3.75. The zero-order valence-corrected chi connectivity index (χ0v) is 15.8. The molecule has 4 rings (SSSR count). The van der Waals surface area contributed by atoms with Crippen molar-refractivity contribution < 1.29 is 14.3 Å². The van der Waals surface area contributed by atoms with Crippen molar-refractivity contribution in [2.75, 3.05) is 18.7 Å². The van der Waals surface area contributed by atoms with E-state index in [1.54, 1.807) is 16.2 Å². The maximum Gasteiger partial charge on any atom is 0.322 e. The summed E-state index contributed by atoms with van der Waals surface area (Å²) in [6.45, 7) is 3.32. The molecule has 0 aliphatic carbocycles. The minimum absolute atomic E-state index is 0.126. The first-order valence-electron chi connectivity index (χ1n) is 8.82. The fourth-order valence-electron chi connectivity index (χ4n) is 3.02. The number of thiophene rings is 1. The average Bonchev–Trinajstić information content (AvgIpc) is 3.37. The molecule has 6 heteroatoms. The van der Waals surface area contributed by atoms with Crippen molar-refractivity contribution in [2.45, 2.75) is 13.5 Å². The maximum absolute atomic E-state index is 12.9. The van der Waals surface area contributed by atoms with Crippen molar-refractivity contribution in [1.29, 1.82) is 0 Å². The topological polar surface area (TPSA) is 50.8 Å². The number of benzene rings is 2. The van der Waals surface area contributed by atoms with Gasteiger partial charge in [-0.05, 0) is 42.1 Å². The van der Waals surface area contributed by atoms with Gasteiger partial charge in [0.1, 0.15) is 0 Å². The van der Waals surface area contributed by atoms with Gasteiger partial charge in [0.2, 0.25) is 6.79 Å². The molecule has 2 aromatic carbocycles. The van der Waals surface area contributed by atoms with Crippen LogP contribution in [0.4, 0.5) is 10.5 Å². The van der Waals surface area contributed by atoms with Crippen molar-refractivity contribution in [2.24, 2.45) is 0 Å². The molecule has 3 aromatic rings. The third-order valence-electron chi connectivity index (χ3n) is 4.43. The summed E-state index contributed by atoms with van der Waals surface area (Å²) in [7, 11) is 0. The molecular weight excluding hydrogens is 360 g/mol. The van der Waals surface area contributed by atoms with Gasteiger partial charge in [-0.25, -0.2) is 4.79 Å². The molecule has 0 saturated heterocycles. The molecule has 1 aliphatic rings. The van der Waals surface area contributed by atoms with E-state index in [1.165, 1.54) is 0 Å². The van der Waals surface area contributed by atoms with E-state index in [4.69, 9.17) is 9.47 Å². The number of fused-ring (bicyclic) bond motifs is 1. The molecule has 27 heavy (non-hydrogen) atoms. The molecule has 0 bridgehead atoms. The standard InChI is InChI=1S/C21H20N2O3S/c1-2-23(13-15-9-10-18-19(12-15)26-14-25-18)21(24)22-17-7-4-3-6-16(17)20-8-5-11-27-20/h3-12H,2,13-14H2,1H3,(H,22,24). The van der Waals surface area contributed by atoms with Crippen LogP contribution in [0.5, 0.6) is 11.5 Å². The SMILES string of the molecule is CCN(Cc1ccc2c(c1)OCO2)C(=O)Nc1ccccc1-c1cccs1. The van der Waals surface area contributed by atoms with Gasteiger partial charge in [-0.1, -0.05) is 30.3 Å². The van der Waals surface area contributed by atoms with Crippen molar-refractivity contribution in [3.05, 3.63) is 65.5 Å². The minimum atomic E-state index is -0.126. The number of amides is 2. The van der Waals surface area contributed by atoms with Gasteiger partial charge < -0.3 is 19.7 Å². The number of para-hydroxylation sites is 1. The van der Waals surface area contributed by atoms with Gasteiger partial charge in [-0.15, -0.1) is 11.3 Å². The highest BCUT2D eigenvalue weighted by molar-refractivity contribution is 7.13. The lowest BCUT2D eigenvalue weighted by atomic mass is 10.1. The van der Waals surface area contributed by atoms with Crippen LogP contribution in [0.1, 0.15) is 12.5 Å². The molecule has 1 aromatic heterocycles. The highest BCUT2D eigenvalue weighted by atomic mass is 32.1. The summed E-state index contributed by atoms with van der Waals surface area (Å²) >= 11 is 1.65. The Hall–Kier alpha value is -2.99. The Morgan fingerprint density at radius 3 is 2.78 bits per heavy atom. The van der Waals surface area contributed by atoms with Crippen molar-refractivity contribution in [1.82, 2.24) is 4.90 Å². The van der Waals surface area contributed by atoms with Crippen LogP contribution in [0.2, 0.25) is 0 Å². The first-order valence-corrected chi connectivity index (χ1v) is 9.70. The Labute approximate surface area is 162 Å². The van der Waals surface area contributed by atoms with Crippen LogP contribution in [0.3, 0.4) is 0 Å². The monoisotopic (exact) mass is 380 g/mol. The Bertz CT molecular complexity index is 940. The predicted octanol–water partition coefficient (Wildman–Crippen LogP) is 5.20. The molecule has 0 spiro atoms. The number of anilines is 1. The molecule has 1 aliphatic heterocycles.